The zero-order valence-corrected chi connectivity index (χ0v) is 30.0. The SMILES string of the molecule is C[C@H](CO)c1cccc([C@@]2(C)CCCC(C)(C)CS(=O)(=O)CCc3c(c(F)cc4[nH]ccc34)S(=O)c3ccc(F)c(c3)-c3nc2nn3C)c1. The summed E-state index contributed by atoms with van der Waals surface area (Å²) in [5.41, 5.74) is 1.40. The molecule has 6 rings (SSSR count). The Morgan fingerprint density at radius 1 is 1.06 bits per heavy atom. The van der Waals surface area contributed by atoms with E-state index in [9.17, 15) is 17.7 Å². The number of aromatic nitrogens is 4. The van der Waals surface area contributed by atoms with Crippen LogP contribution in [0.5, 0.6) is 0 Å². The first-order valence-corrected chi connectivity index (χ1v) is 19.4. The molecule has 0 amide bonds. The molecule has 3 atom stereocenters. The molecule has 8 nitrogen and oxygen atoms in total. The average Bonchev–Trinajstić information content (AvgIpc) is 3.68. The van der Waals surface area contributed by atoms with Crippen LogP contribution in [0.4, 0.5) is 8.78 Å². The second kappa shape index (κ2) is 13.2. The zero-order valence-electron chi connectivity index (χ0n) is 28.4. The molecular weight excluding hydrogens is 667 g/mol. The molecule has 5 aromatic rings. The Balaban J connectivity index is 1.55. The number of halogens is 2. The number of nitrogens with one attached hydrogen (secondary N) is 1. The van der Waals surface area contributed by atoms with E-state index in [1.54, 1.807) is 19.3 Å². The second-order valence-electron chi connectivity index (χ2n) is 14.3. The van der Waals surface area contributed by atoms with Crippen molar-refractivity contribution in [2.75, 3.05) is 18.1 Å². The molecule has 3 aromatic carbocycles. The third kappa shape index (κ3) is 6.87. The quantitative estimate of drug-likeness (QED) is 0.209. The number of aromatic amines is 1. The molecule has 3 heterocycles. The lowest BCUT2D eigenvalue weighted by molar-refractivity contribution is 0.273. The van der Waals surface area contributed by atoms with Crippen LogP contribution in [0, 0.1) is 17.0 Å². The molecule has 0 spiro atoms. The first-order valence-electron chi connectivity index (χ1n) is 16.5. The number of fused-ring (bicyclic) bond motifs is 8. The third-order valence-electron chi connectivity index (χ3n) is 9.87. The van der Waals surface area contributed by atoms with Gasteiger partial charge >= 0.3 is 0 Å². The van der Waals surface area contributed by atoms with Crippen LogP contribution >= 0.6 is 0 Å². The molecule has 1 aliphatic heterocycles. The number of rotatable bonds is 3. The first kappa shape index (κ1) is 35.1. The van der Waals surface area contributed by atoms with Gasteiger partial charge in [0.05, 0.1) is 38.2 Å². The highest BCUT2D eigenvalue weighted by atomic mass is 32.2. The Hall–Kier alpha value is -3.74. The lowest BCUT2D eigenvalue weighted by Gasteiger charge is -2.31. The van der Waals surface area contributed by atoms with Crippen LogP contribution in [0.1, 0.15) is 75.4 Å². The maximum absolute atomic E-state index is 15.8. The summed E-state index contributed by atoms with van der Waals surface area (Å²) in [4.78, 5) is 7.90. The summed E-state index contributed by atoms with van der Waals surface area (Å²) in [6.07, 6.45) is 3.40. The Kier molecular flexibility index (Phi) is 9.44. The van der Waals surface area contributed by atoms with Crippen LogP contribution in [0.15, 0.2) is 70.6 Å². The van der Waals surface area contributed by atoms with Gasteiger partial charge in [0.2, 0.25) is 0 Å². The van der Waals surface area contributed by atoms with Gasteiger partial charge < -0.3 is 10.1 Å². The first-order chi connectivity index (χ1) is 23.1. The van der Waals surface area contributed by atoms with Crippen LogP contribution in [0.2, 0.25) is 0 Å². The summed E-state index contributed by atoms with van der Waals surface area (Å²) < 4.78 is 74.5. The molecule has 1 unspecified atom stereocenters. The summed E-state index contributed by atoms with van der Waals surface area (Å²) in [6.45, 7) is 7.82. The van der Waals surface area contributed by atoms with E-state index in [0.29, 0.717) is 41.6 Å². The molecule has 1 aliphatic rings. The van der Waals surface area contributed by atoms with Crippen LogP contribution in [0.3, 0.4) is 0 Å². The van der Waals surface area contributed by atoms with E-state index >= 15 is 8.78 Å². The average molecular weight is 709 g/mol. The van der Waals surface area contributed by atoms with E-state index in [4.69, 9.17) is 10.1 Å². The van der Waals surface area contributed by atoms with Crippen molar-refractivity contribution in [1.29, 1.82) is 0 Å². The summed E-state index contributed by atoms with van der Waals surface area (Å²) in [6, 6.07) is 14.9. The lowest BCUT2D eigenvalue weighted by atomic mass is 9.75. The van der Waals surface area contributed by atoms with Gasteiger partial charge in [-0.3, -0.25) is 0 Å². The topological polar surface area (TPSA) is 118 Å². The van der Waals surface area contributed by atoms with Crippen molar-refractivity contribution in [3.63, 3.8) is 0 Å². The van der Waals surface area contributed by atoms with Crippen molar-refractivity contribution < 1.29 is 26.5 Å². The predicted octanol–water partition coefficient (Wildman–Crippen LogP) is 6.98. The molecule has 0 aliphatic carbocycles. The number of nitrogens with zero attached hydrogens (tertiary/aromatic N) is 3. The Morgan fingerprint density at radius 2 is 1.84 bits per heavy atom. The zero-order chi connectivity index (χ0) is 35.3. The standard InChI is InChI=1S/C37H42F2N4O4S2/c1-23(21-44)24-8-6-9-25(18-24)37(4)15-7-14-36(2,3)22-49(46,47)17-13-28-27-12-16-40-32(27)20-31(39)33(28)48(45)26-10-11-30(38)29(19-26)34-41-35(37)42-43(34)5/h6,8-12,16,18-20,23,40,44H,7,13-15,17,21-22H2,1-5H3/t23-,37-,48?/m1/s1. The highest BCUT2D eigenvalue weighted by Crippen LogP contribution is 2.40. The maximum atomic E-state index is 15.8. The number of hydrogen-bond acceptors (Lipinski definition) is 6. The highest BCUT2D eigenvalue weighted by molar-refractivity contribution is 7.91. The largest absolute Gasteiger partial charge is 0.396 e. The number of aliphatic hydroxyl groups is 1. The van der Waals surface area contributed by atoms with Crippen molar-refractivity contribution in [3.8, 4) is 11.4 Å². The van der Waals surface area contributed by atoms with Gasteiger partial charge in [0.1, 0.15) is 11.6 Å². The van der Waals surface area contributed by atoms with E-state index in [1.165, 1.54) is 28.9 Å². The molecule has 12 heteroatoms. The van der Waals surface area contributed by atoms with E-state index in [1.807, 2.05) is 52.0 Å². The second-order valence-corrected chi connectivity index (χ2v) is 17.9. The summed E-state index contributed by atoms with van der Waals surface area (Å²) in [5.74, 6) is -1.08. The van der Waals surface area contributed by atoms with Crippen LogP contribution in [-0.4, -0.2) is 55.6 Å². The van der Waals surface area contributed by atoms with Gasteiger partial charge in [0.15, 0.2) is 21.5 Å². The van der Waals surface area contributed by atoms with Crippen LogP contribution in [0.25, 0.3) is 22.3 Å². The highest BCUT2D eigenvalue weighted by Gasteiger charge is 2.36. The van der Waals surface area contributed by atoms with Gasteiger partial charge in [-0.1, -0.05) is 51.5 Å². The van der Waals surface area contributed by atoms with Gasteiger partial charge in [-0.25, -0.2) is 31.1 Å². The number of aryl methyl sites for hydroxylation is 2. The van der Waals surface area contributed by atoms with Gasteiger partial charge in [0, 0.05) is 41.6 Å². The number of hydrogen-bond donors (Lipinski definition) is 2. The monoisotopic (exact) mass is 708 g/mol. The van der Waals surface area contributed by atoms with Gasteiger partial charge in [-0.2, -0.15) is 5.10 Å². The number of aliphatic hydroxyl groups excluding tert-OH is 1. The maximum Gasteiger partial charge on any atom is 0.161 e. The molecule has 2 aromatic heterocycles. The number of benzene rings is 3. The smallest absolute Gasteiger partial charge is 0.161 e. The van der Waals surface area contributed by atoms with E-state index in [2.05, 4.69) is 4.98 Å². The van der Waals surface area contributed by atoms with Gasteiger partial charge in [0.25, 0.3) is 0 Å². The number of sulfone groups is 1. The Morgan fingerprint density at radius 3 is 2.59 bits per heavy atom. The summed E-state index contributed by atoms with van der Waals surface area (Å²) >= 11 is 0. The summed E-state index contributed by atoms with van der Waals surface area (Å²) in [5, 5.41) is 15.3. The minimum absolute atomic E-state index is 0.0176. The van der Waals surface area contributed by atoms with Crippen LogP contribution in [-0.2, 0) is 39.5 Å². The van der Waals surface area contributed by atoms with Crippen molar-refractivity contribution in [2.24, 2.45) is 12.5 Å². The van der Waals surface area contributed by atoms with Crippen LogP contribution < -0.4 is 0 Å². The minimum atomic E-state index is -3.63. The van der Waals surface area contributed by atoms with Crippen molar-refractivity contribution in [1.82, 2.24) is 19.7 Å². The van der Waals surface area contributed by atoms with Gasteiger partial charge in [-0.05, 0) is 78.6 Å². The van der Waals surface area contributed by atoms with Crippen molar-refractivity contribution in [2.45, 2.75) is 74.5 Å². The normalized spacial score (nSPS) is 21.8. The molecule has 0 saturated carbocycles. The van der Waals surface area contributed by atoms with E-state index in [-0.39, 0.29) is 51.6 Å². The Bertz CT molecular complexity index is 2180. The molecular formula is C37H42F2N4O4S2. The Labute approximate surface area is 288 Å². The number of H-pyrrole nitrogens is 1. The van der Waals surface area contributed by atoms with Crippen molar-refractivity contribution in [3.05, 3.63) is 94.9 Å². The molecule has 49 heavy (non-hydrogen) atoms. The van der Waals surface area contributed by atoms with E-state index in [0.717, 1.165) is 11.1 Å². The third-order valence-corrected chi connectivity index (χ3v) is 13.4. The lowest BCUT2D eigenvalue weighted by Crippen LogP contribution is -2.29. The fraction of sp³-hybridized carbons (Fsp3) is 0.405. The summed E-state index contributed by atoms with van der Waals surface area (Å²) in [7, 11) is -4.07. The molecule has 0 radical (unpaired) electrons. The fourth-order valence-electron chi connectivity index (χ4n) is 7.03. The molecule has 0 saturated heterocycles. The molecule has 4 bridgehead atoms. The molecule has 2 N–H and O–H groups in total. The predicted molar refractivity (Wildman–Crippen MR) is 188 cm³/mol. The minimum Gasteiger partial charge on any atom is -0.396 e. The van der Waals surface area contributed by atoms with Crippen molar-refractivity contribution >= 4 is 31.5 Å². The van der Waals surface area contributed by atoms with Gasteiger partial charge in [-0.15, -0.1) is 0 Å². The van der Waals surface area contributed by atoms with E-state index < -0.39 is 43.1 Å². The molecule has 0 fully saturated rings. The molecule has 260 valence electrons. The fourth-order valence-corrected chi connectivity index (χ4v) is 10.3.